The number of carboxylic acids is 1. The first kappa shape index (κ1) is 27.6. The second-order valence-electron chi connectivity index (χ2n) is 9.15. The minimum Gasteiger partial charge on any atom is -0.481 e. The Labute approximate surface area is 225 Å². The molecule has 0 spiro atoms. The third kappa shape index (κ3) is 6.70. The molecule has 0 amide bonds. The number of aryl methyl sites for hydroxylation is 1. The molecule has 0 unspecified atom stereocenters. The van der Waals surface area contributed by atoms with Crippen LogP contribution in [0.4, 0.5) is 17.1 Å². The number of benzene rings is 2. The predicted octanol–water partition coefficient (Wildman–Crippen LogP) is 3.61. The number of nitro groups is 1. The van der Waals surface area contributed by atoms with Gasteiger partial charge in [0.1, 0.15) is 17.6 Å². The Morgan fingerprint density at radius 1 is 1.10 bits per heavy atom. The number of carboxylic acid groups (broad SMARTS) is 1. The number of fused-ring (bicyclic) bond motifs is 1. The molecule has 5 rings (SSSR count). The van der Waals surface area contributed by atoms with Crippen LogP contribution in [0, 0.1) is 28.4 Å². The molecule has 12 heteroatoms. The Balaban J connectivity index is 0.000000826. The smallest absolute Gasteiger partial charge is 0.300 e. The molecular formula is C27H30N6O6. The molecule has 0 atom stereocenters. The highest BCUT2D eigenvalue weighted by atomic mass is 16.6. The SMILES string of the molecule is CC(=O)O.Cc1ccc2nc(/C(C#N)=C/c3cc([N+](=O)[O-])c(N4CCOCC4)cc3N3CCOCC3)[nH]c2c1. The lowest BCUT2D eigenvalue weighted by Crippen LogP contribution is -2.38. The van der Waals surface area contributed by atoms with Gasteiger partial charge in [0.25, 0.3) is 11.7 Å². The van der Waals surface area contributed by atoms with E-state index in [1.54, 1.807) is 12.1 Å². The maximum absolute atomic E-state index is 12.1. The quantitative estimate of drug-likeness (QED) is 0.281. The topological polar surface area (TPSA) is 158 Å². The number of ether oxygens (including phenoxy) is 2. The van der Waals surface area contributed by atoms with E-state index in [-0.39, 0.29) is 10.6 Å². The van der Waals surface area contributed by atoms with Crippen molar-refractivity contribution in [1.82, 2.24) is 9.97 Å². The number of nitrogens with one attached hydrogen (secondary N) is 1. The van der Waals surface area contributed by atoms with Gasteiger partial charge >= 0.3 is 0 Å². The zero-order chi connectivity index (χ0) is 27.9. The van der Waals surface area contributed by atoms with Crippen LogP contribution in [0.15, 0.2) is 30.3 Å². The van der Waals surface area contributed by atoms with Gasteiger partial charge in [0.2, 0.25) is 0 Å². The summed E-state index contributed by atoms with van der Waals surface area (Å²) in [6.45, 7) is 7.75. The summed E-state index contributed by atoms with van der Waals surface area (Å²) >= 11 is 0. The molecule has 2 aromatic carbocycles. The summed E-state index contributed by atoms with van der Waals surface area (Å²) in [7, 11) is 0. The lowest BCUT2D eigenvalue weighted by atomic mass is 10.0. The van der Waals surface area contributed by atoms with Crippen LogP contribution < -0.4 is 9.80 Å². The number of H-pyrrole nitrogens is 1. The molecule has 2 aliphatic heterocycles. The average Bonchev–Trinajstić information content (AvgIpc) is 3.35. The van der Waals surface area contributed by atoms with E-state index in [4.69, 9.17) is 19.4 Å². The van der Waals surface area contributed by atoms with Crippen molar-refractivity contribution in [2.75, 3.05) is 62.4 Å². The largest absolute Gasteiger partial charge is 0.481 e. The molecule has 2 saturated heterocycles. The maximum atomic E-state index is 12.1. The standard InChI is InChI=1S/C25H26N6O4.C2H4O2/c1-17-2-3-20-21(12-17)28-25(27-20)19(16-26)13-18-14-24(31(32)33)23(30-6-10-35-11-7-30)15-22(18)29-4-8-34-9-5-29;1-2(3)4/h2-3,12-15H,4-11H2,1H3,(H,27,28);1H3,(H,3,4)/b19-13+;. The zero-order valence-corrected chi connectivity index (χ0v) is 21.8. The maximum Gasteiger partial charge on any atom is 0.300 e. The van der Waals surface area contributed by atoms with Crippen molar-refractivity contribution in [2.45, 2.75) is 13.8 Å². The molecule has 3 heterocycles. The van der Waals surface area contributed by atoms with Crippen LogP contribution in [0.5, 0.6) is 0 Å². The Morgan fingerprint density at radius 2 is 1.69 bits per heavy atom. The highest BCUT2D eigenvalue weighted by molar-refractivity contribution is 5.94. The normalized spacial score (nSPS) is 15.9. The molecular weight excluding hydrogens is 504 g/mol. The number of allylic oxidation sites excluding steroid dienone is 1. The van der Waals surface area contributed by atoms with Crippen molar-refractivity contribution in [3.8, 4) is 6.07 Å². The van der Waals surface area contributed by atoms with Crippen LogP contribution in [-0.4, -0.2) is 78.6 Å². The minimum atomic E-state index is -0.833. The van der Waals surface area contributed by atoms with Crippen molar-refractivity contribution >= 4 is 45.7 Å². The van der Waals surface area contributed by atoms with E-state index in [1.165, 1.54) is 0 Å². The first-order chi connectivity index (χ1) is 18.8. The lowest BCUT2D eigenvalue weighted by molar-refractivity contribution is -0.384. The number of hydrogen-bond donors (Lipinski definition) is 2. The number of imidazole rings is 1. The van der Waals surface area contributed by atoms with E-state index < -0.39 is 5.97 Å². The minimum absolute atomic E-state index is 0.00711. The van der Waals surface area contributed by atoms with Gasteiger partial charge in [-0.2, -0.15) is 5.26 Å². The monoisotopic (exact) mass is 534 g/mol. The van der Waals surface area contributed by atoms with Crippen LogP contribution in [0.1, 0.15) is 23.9 Å². The van der Waals surface area contributed by atoms with Crippen LogP contribution in [0.2, 0.25) is 0 Å². The number of aromatic nitrogens is 2. The van der Waals surface area contributed by atoms with Gasteiger partial charge in [-0.25, -0.2) is 4.98 Å². The first-order valence-corrected chi connectivity index (χ1v) is 12.5. The van der Waals surface area contributed by atoms with Crippen molar-refractivity contribution in [3.05, 3.63) is 57.4 Å². The second kappa shape index (κ2) is 12.4. The third-order valence-electron chi connectivity index (χ3n) is 6.34. The Morgan fingerprint density at radius 3 is 2.26 bits per heavy atom. The fourth-order valence-corrected chi connectivity index (χ4v) is 4.54. The summed E-state index contributed by atoms with van der Waals surface area (Å²) in [5, 5.41) is 29.5. The second-order valence-corrected chi connectivity index (χ2v) is 9.15. The summed E-state index contributed by atoms with van der Waals surface area (Å²) in [6, 6.07) is 11.5. The van der Waals surface area contributed by atoms with Crippen molar-refractivity contribution in [2.24, 2.45) is 0 Å². The van der Waals surface area contributed by atoms with E-state index in [0.29, 0.717) is 75.3 Å². The summed E-state index contributed by atoms with van der Waals surface area (Å²) in [4.78, 5) is 32.7. The highest BCUT2D eigenvalue weighted by Crippen LogP contribution is 2.38. The molecule has 2 N–H and O–H groups in total. The van der Waals surface area contributed by atoms with Crippen molar-refractivity contribution in [3.63, 3.8) is 0 Å². The van der Waals surface area contributed by atoms with Crippen LogP contribution in [0.25, 0.3) is 22.7 Å². The summed E-state index contributed by atoms with van der Waals surface area (Å²) < 4.78 is 11.0. The molecule has 0 bridgehead atoms. The number of nitrogens with zero attached hydrogens (tertiary/aromatic N) is 5. The molecule has 0 radical (unpaired) electrons. The highest BCUT2D eigenvalue weighted by Gasteiger charge is 2.26. The number of nitriles is 1. The number of nitro benzene ring substituents is 1. The van der Waals surface area contributed by atoms with Gasteiger partial charge in [-0.05, 0) is 36.8 Å². The summed E-state index contributed by atoms with van der Waals surface area (Å²) in [5.41, 5.74) is 4.99. The van der Waals surface area contributed by atoms with E-state index in [2.05, 4.69) is 20.9 Å². The van der Waals surface area contributed by atoms with Gasteiger partial charge in [0, 0.05) is 50.4 Å². The Hall–Kier alpha value is -4.47. The number of morpholine rings is 2. The molecule has 39 heavy (non-hydrogen) atoms. The van der Waals surface area contributed by atoms with E-state index in [0.717, 1.165) is 29.2 Å². The fraction of sp³-hybridized carbons (Fsp3) is 0.370. The zero-order valence-electron chi connectivity index (χ0n) is 21.8. The Bertz CT molecular complexity index is 1430. The fourth-order valence-electron chi connectivity index (χ4n) is 4.54. The number of aromatic amines is 1. The number of aliphatic carboxylic acids is 1. The first-order valence-electron chi connectivity index (χ1n) is 12.5. The van der Waals surface area contributed by atoms with Crippen LogP contribution >= 0.6 is 0 Å². The van der Waals surface area contributed by atoms with Gasteiger partial charge < -0.3 is 29.4 Å². The Kier molecular flexibility index (Phi) is 8.75. The van der Waals surface area contributed by atoms with Crippen molar-refractivity contribution in [1.29, 1.82) is 5.26 Å². The van der Waals surface area contributed by atoms with Gasteiger partial charge in [-0.15, -0.1) is 0 Å². The number of anilines is 2. The third-order valence-corrected chi connectivity index (χ3v) is 6.34. The number of carbonyl (C=O) groups is 1. The van der Waals surface area contributed by atoms with Gasteiger partial charge in [-0.3, -0.25) is 14.9 Å². The molecule has 3 aromatic rings. The predicted molar refractivity (Wildman–Crippen MR) is 147 cm³/mol. The van der Waals surface area contributed by atoms with E-state index in [9.17, 15) is 15.4 Å². The number of rotatable bonds is 5. The van der Waals surface area contributed by atoms with Gasteiger partial charge in [-0.1, -0.05) is 6.07 Å². The van der Waals surface area contributed by atoms with Gasteiger partial charge in [0.05, 0.1) is 48.0 Å². The molecule has 0 aliphatic carbocycles. The summed E-state index contributed by atoms with van der Waals surface area (Å²) in [5.74, 6) is -0.402. The summed E-state index contributed by atoms with van der Waals surface area (Å²) in [6.07, 6.45) is 1.69. The molecule has 2 fully saturated rings. The molecule has 1 aromatic heterocycles. The number of hydrogen-bond acceptors (Lipinski definition) is 9. The van der Waals surface area contributed by atoms with Crippen LogP contribution in [-0.2, 0) is 14.3 Å². The van der Waals surface area contributed by atoms with Gasteiger partial charge in [0.15, 0.2) is 0 Å². The van der Waals surface area contributed by atoms with Crippen molar-refractivity contribution < 1.29 is 24.3 Å². The molecule has 0 saturated carbocycles. The van der Waals surface area contributed by atoms with Crippen LogP contribution in [0.3, 0.4) is 0 Å². The van der Waals surface area contributed by atoms with E-state index in [1.807, 2.05) is 36.1 Å². The molecule has 12 nitrogen and oxygen atoms in total. The molecule has 2 aliphatic rings. The lowest BCUT2D eigenvalue weighted by Gasteiger charge is -2.33. The van der Waals surface area contributed by atoms with E-state index >= 15 is 0 Å². The average molecular weight is 535 g/mol. The molecule has 204 valence electrons.